The van der Waals surface area contributed by atoms with Gasteiger partial charge in [0.2, 0.25) is 5.91 Å². The van der Waals surface area contributed by atoms with Crippen LogP contribution in [-0.2, 0) is 22.1 Å². The van der Waals surface area contributed by atoms with Gasteiger partial charge in [0.15, 0.2) is 9.84 Å². The molecule has 6 rings (SSSR count). The predicted octanol–water partition coefficient (Wildman–Crippen LogP) is 7.89. The molecule has 0 bridgehead atoms. The fourth-order valence-corrected chi connectivity index (χ4v) is 7.30. The number of primary amides is 1. The SMILES string of the molecule is NC(=O)c1cccc2c1c1ccc(-c3ccc(Cl)cc3Cl)cc1n2Cc1ccccc1CS(=O)(=O)c1ccccc1. The number of carbonyl (C=O) groups is 1. The number of carbonyl (C=O) groups excluding carboxylic acids is 1. The van der Waals surface area contributed by atoms with Gasteiger partial charge < -0.3 is 10.3 Å². The van der Waals surface area contributed by atoms with Gasteiger partial charge in [-0.15, -0.1) is 0 Å². The summed E-state index contributed by atoms with van der Waals surface area (Å²) in [6.45, 7) is 0.375. The molecule has 5 nitrogen and oxygen atoms in total. The Labute approximate surface area is 247 Å². The van der Waals surface area contributed by atoms with Gasteiger partial charge in [0, 0.05) is 38.5 Å². The molecule has 1 amide bonds. The lowest BCUT2D eigenvalue weighted by Gasteiger charge is -2.14. The van der Waals surface area contributed by atoms with Crippen LogP contribution in [0.5, 0.6) is 0 Å². The summed E-state index contributed by atoms with van der Waals surface area (Å²) >= 11 is 12.7. The summed E-state index contributed by atoms with van der Waals surface area (Å²) in [6.07, 6.45) is 0. The minimum atomic E-state index is -3.56. The smallest absolute Gasteiger partial charge is 0.249 e. The number of amides is 1. The maximum absolute atomic E-state index is 13.3. The van der Waals surface area contributed by atoms with Gasteiger partial charge in [0.05, 0.1) is 21.7 Å². The van der Waals surface area contributed by atoms with Crippen molar-refractivity contribution in [2.45, 2.75) is 17.2 Å². The zero-order chi connectivity index (χ0) is 28.7. The van der Waals surface area contributed by atoms with Crippen molar-refractivity contribution in [3.63, 3.8) is 0 Å². The first-order valence-corrected chi connectivity index (χ1v) is 15.3. The number of nitrogens with zero attached hydrogens (tertiary/aromatic N) is 1. The molecule has 41 heavy (non-hydrogen) atoms. The molecule has 5 aromatic carbocycles. The number of hydrogen-bond acceptors (Lipinski definition) is 3. The van der Waals surface area contributed by atoms with Gasteiger partial charge in [-0.1, -0.05) is 89.9 Å². The summed E-state index contributed by atoms with van der Waals surface area (Å²) in [6, 6.07) is 32.8. The number of aromatic nitrogens is 1. The van der Waals surface area contributed by atoms with Crippen molar-refractivity contribution in [3.8, 4) is 11.1 Å². The number of halogens is 2. The van der Waals surface area contributed by atoms with Crippen LogP contribution < -0.4 is 5.73 Å². The monoisotopic (exact) mass is 598 g/mol. The van der Waals surface area contributed by atoms with Crippen LogP contribution in [0.15, 0.2) is 114 Å². The maximum Gasteiger partial charge on any atom is 0.249 e. The average Bonchev–Trinajstić information content (AvgIpc) is 3.27. The average molecular weight is 600 g/mol. The molecule has 0 saturated carbocycles. The van der Waals surface area contributed by atoms with E-state index < -0.39 is 15.7 Å². The topological polar surface area (TPSA) is 82.2 Å². The summed E-state index contributed by atoms with van der Waals surface area (Å²) in [5, 5.41) is 2.67. The van der Waals surface area contributed by atoms with E-state index in [9.17, 15) is 13.2 Å². The van der Waals surface area contributed by atoms with Crippen molar-refractivity contribution in [2.24, 2.45) is 5.73 Å². The van der Waals surface area contributed by atoms with E-state index in [4.69, 9.17) is 28.9 Å². The van der Waals surface area contributed by atoms with E-state index in [0.717, 1.165) is 38.5 Å². The Morgan fingerprint density at radius 2 is 1.49 bits per heavy atom. The van der Waals surface area contributed by atoms with Crippen LogP contribution in [0.1, 0.15) is 21.5 Å². The second-order valence-corrected chi connectivity index (χ2v) is 12.7. The number of nitrogens with two attached hydrogens (primary N) is 1. The molecule has 0 atom stereocenters. The molecule has 8 heteroatoms. The van der Waals surface area contributed by atoms with Crippen LogP contribution in [-0.4, -0.2) is 18.9 Å². The van der Waals surface area contributed by atoms with Crippen LogP contribution in [0.4, 0.5) is 0 Å². The summed E-state index contributed by atoms with van der Waals surface area (Å²) in [7, 11) is -3.56. The molecule has 0 saturated heterocycles. The second kappa shape index (κ2) is 10.7. The van der Waals surface area contributed by atoms with Crippen molar-refractivity contribution in [3.05, 3.63) is 136 Å². The summed E-state index contributed by atoms with van der Waals surface area (Å²) < 4.78 is 28.7. The molecule has 0 radical (unpaired) electrons. The van der Waals surface area contributed by atoms with Crippen LogP contribution in [0.2, 0.25) is 10.0 Å². The van der Waals surface area contributed by atoms with Crippen molar-refractivity contribution >= 4 is 60.8 Å². The molecule has 1 heterocycles. The Morgan fingerprint density at radius 1 is 0.756 bits per heavy atom. The quantitative estimate of drug-likeness (QED) is 0.203. The standard InChI is InChI=1S/C33H24Cl2N2O3S/c34-24-14-16-26(29(35)18-24)21-13-15-27-31(17-21)37(30-12-6-11-28(32(27)30)33(36)38)19-22-7-4-5-8-23(22)20-41(39,40)25-9-2-1-3-10-25/h1-18H,19-20H2,(H2,36,38). The first-order valence-electron chi connectivity index (χ1n) is 12.9. The summed E-state index contributed by atoms with van der Waals surface area (Å²) in [5.74, 6) is -0.656. The molecule has 0 unspecified atom stereocenters. The molecule has 0 aliphatic rings. The predicted molar refractivity (Wildman–Crippen MR) is 166 cm³/mol. The van der Waals surface area contributed by atoms with E-state index in [1.165, 1.54) is 0 Å². The highest BCUT2D eigenvalue weighted by molar-refractivity contribution is 7.90. The third kappa shape index (κ3) is 5.10. The minimum Gasteiger partial charge on any atom is -0.366 e. The molecule has 0 spiro atoms. The van der Waals surface area contributed by atoms with Gasteiger partial charge in [-0.05, 0) is 59.2 Å². The fourth-order valence-electron chi connectivity index (χ4n) is 5.35. The zero-order valence-electron chi connectivity index (χ0n) is 21.7. The highest BCUT2D eigenvalue weighted by Gasteiger charge is 2.21. The Hall–Kier alpha value is -4.10. The van der Waals surface area contributed by atoms with Crippen molar-refractivity contribution in [1.82, 2.24) is 4.57 Å². The Bertz CT molecular complexity index is 2070. The number of rotatable bonds is 7. The Kier molecular flexibility index (Phi) is 7.08. The van der Waals surface area contributed by atoms with Gasteiger partial charge in [0.1, 0.15) is 0 Å². The molecule has 6 aromatic rings. The van der Waals surface area contributed by atoms with Crippen molar-refractivity contribution in [1.29, 1.82) is 0 Å². The highest BCUT2D eigenvalue weighted by atomic mass is 35.5. The largest absolute Gasteiger partial charge is 0.366 e. The first-order chi connectivity index (χ1) is 19.7. The van der Waals surface area contributed by atoms with E-state index >= 15 is 0 Å². The summed E-state index contributed by atoms with van der Waals surface area (Å²) in [4.78, 5) is 12.7. The van der Waals surface area contributed by atoms with Crippen LogP contribution in [0, 0.1) is 0 Å². The van der Waals surface area contributed by atoms with Crippen molar-refractivity contribution in [2.75, 3.05) is 0 Å². The van der Waals surface area contributed by atoms with Crippen LogP contribution in [0.25, 0.3) is 32.9 Å². The summed E-state index contributed by atoms with van der Waals surface area (Å²) in [5.41, 5.74) is 11.1. The van der Waals surface area contributed by atoms with E-state index in [0.29, 0.717) is 27.7 Å². The first kappa shape index (κ1) is 27.1. The zero-order valence-corrected chi connectivity index (χ0v) is 24.0. The molecule has 0 aliphatic heterocycles. The lowest BCUT2D eigenvalue weighted by atomic mass is 10.0. The van der Waals surface area contributed by atoms with E-state index in [1.807, 2.05) is 54.6 Å². The molecule has 1 aromatic heterocycles. The number of hydrogen-bond donors (Lipinski definition) is 1. The van der Waals surface area contributed by atoms with Crippen molar-refractivity contribution < 1.29 is 13.2 Å². The van der Waals surface area contributed by atoms with E-state index in [-0.39, 0.29) is 10.6 Å². The van der Waals surface area contributed by atoms with Crippen LogP contribution in [0.3, 0.4) is 0 Å². The van der Waals surface area contributed by atoms with Gasteiger partial charge in [-0.3, -0.25) is 4.79 Å². The third-order valence-electron chi connectivity index (χ3n) is 7.29. The van der Waals surface area contributed by atoms with E-state index in [2.05, 4.69) is 4.57 Å². The lowest BCUT2D eigenvalue weighted by molar-refractivity contribution is 0.100. The molecule has 2 N–H and O–H groups in total. The molecular weight excluding hydrogens is 575 g/mol. The molecule has 204 valence electrons. The van der Waals surface area contributed by atoms with Crippen LogP contribution >= 0.6 is 23.2 Å². The second-order valence-electron chi connectivity index (χ2n) is 9.85. The fraction of sp³-hybridized carbons (Fsp3) is 0.0606. The number of benzene rings is 5. The number of fused-ring (bicyclic) bond motifs is 3. The molecular formula is C33H24Cl2N2O3S. The van der Waals surface area contributed by atoms with Gasteiger partial charge in [-0.25, -0.2) is 8.42 Å². The van der Waals surface area contributed by atoms with Gasteiger partial charge >= 0.3 is 0 Å². The highest BCUT2D eigenvalue weighted by Crippen LogP contribution is 2.37. The van der Waals surface area contributed by atoms with E-state index in [1.54, 1.807) is 54.6 Å². The molecule has 0 fully saturated rings. The Balaban J connectivity index is 1.54. The normalized spacial score (nSPS) is 11.8. The lowest BCUT2D eigenvalue weighted by Crippen LogP contribution is -2.11. The third-order valence-corrected chi connectivity index (χ3v) is 9.52. The Morgan fingerprint density at radius 3 is 2.22 bits per heavy atom. The minimum absolute atomic E-state index is 0.136. The van der Waals surface area contributed by atoms with Gasteiger partial charge in [0.25, 0.3) is 0 Å². The number of sulfone groups is 1. The maximum atomic E-state index is 13.3. The van der Waals surface area contributed by atoms with Gasteiger partial charge in [-0.2, -0.15) is 0 Å². The molecule has 0 aliphatic carbocycles.